The zero-order valence-corrected chi connectivity index (χ0v) is 18.7. The second-order valence-corrected chi connectivity index (χ2v) is 6.81. The summed E-state index contributed by atoms with van der Waals surface area (Å²) in [5, 5.41) is 0. The summed E-state index contributed by atoms with van der Waals surface area (Å²) in [5.41, 5.74) is 11.4. The van der Waals surface area contributed by atoms with E-state index in [1.807, 2.05) is 0 Å². The Morgan fingerprint density at radius 1 is 0.583 bits per heavy atom. The number of hydrogen-bond acceptors (Lipinski definition) is 8. The number of rotatable bonds is 2. The predicted octanol–water partition coefficient (Wildman–Crippen LogP) is -5.65. The van der Waals surface area contributed by atoms with Gasteiger partial charge >= 0.3 is 59.1 Å². The standard InChI is InChI=1S/2C6H7NO3S.2Na/c2*7-5-1-3-6(4-2-5)11(8,9)10;;/h2*1-4H,7H2,(H,8,9,10);;/q;;2*+1/p-2. The molecule has 0 amide bonds. The molecule has 2 aromatic rings. The SMILES string of the molecule is Nc1ccc(S(=O)(=O)[O-])cc1.Nc1ccc(S(=O)(=O)[O-])cc1.[Na+].[Na+]. The third kappa shape index (κ3) is 9.37. The smallest absolute Gasteiger partial charge is 0.744 e. The normalized spacial score (nSPS) is 10.4. The Labute approximate surface area is 184 Å². The number of benzene rings is 2. The Kier molecular flexibility index (Phi) is 11.7. The van der Waals surface area contributed by atoms with Crippen molar-refractivity contribution in [3.63, 3.8) is 0 Å². The van der Waals surface area contributed by atoms with E-state index in [0.29, 0.717) is 11.4 Å². The molecule has 0 saturated heterocycles. The molecule has 0 saturated carbocycles. The van der Waals surface area contributed by atoms with Gasteiger partial charge < -0.3 is 20.6 Å². The van der Waals surface area contributed by atoms with Crippen molar-refractivity contribution in [2.45, 2.75) is 9.79 Å². The summed E-state index contributed by atoms with van der Waals surface area (Å²) in [5.74, 6) is 0. The van der Waals surface area contributed by atoms with Crippen molar-refractivity contribution in [2.24, 2.45) is 0 Å². The largest absolute Gasteiger partial charge is 1.00 e. The van der Waals surface area contributed by atoms with Gasteiger partial charge in [0, 0.05) is 11.4 Å². The average molecular weight is 390 g/mol. The first kappa shape index (κ1) is 26.1. The van der Waals surface area contributed by atoms with Crippen molar-refractivity contribution >= 4 is 31.6 Å². The van der Waals surface area contributed by atoms with Crippen LogP contribution >= 0.6 is 0 Å². The van der Waals surface area contributed by atoms with E-state index in [1.54, 1.807) is 0 Å². The predicted molar refractivity (Wildman–Crippen MR) is 77.6 cm³/mol. The Morgan fingerprint density at radius 3 is 0.958 bits per heavy atom. The fourth-order valence-corrected chi connectivity index (χ4v) is 2.21. The van der Waals surface area contributed by atoms with Gasteiger partial charge in [-0.1, -0.05) is 0 Å². The summed E-state index contributed by atoms with van der Waals surface area (Å²) >= 11 is 0. The van der Waals surface area contributed by atoms with Crippen molar-refractivity contribution in [3.05, 3.63) is 48.5 Å². The van der Waals surface area contributed by atoms with Gasteiger partial charge in [-0.05, 0) is 48.5 Å². The maximum atomic E-state index is 10.3. The van der Waals surface area contributed by atoms with Crippen LogP contribution in [0.1, 0.15) is 0 Å². The summed E-state index contributed by atoms with van der Waals surface area (Å²) in [7, 11) is -8.65. The maximum absolute atomic E-state index is 10.3. The van der Waals surface area contributed by atoms with E-state index >= 15 is 0 Å². The molecule has 120 valence electrons. The molecular weight excluding hydrogens is 378 g/mol. The van der Waals surface area contributed by atoms with E-state index in [0.717, 1.165) is 0 Å². The van der Waals surface area contributed by atoms with Gasteiger partial charge in [-0.25, -0.2) is 16.8 Å². The van der Waals surface area contributed by atoms with Crippen LogP contribution in [0.25, 0.3) is 0 Å². The molecule has 0 fully saturated rings. The molecule has 2 rings (SSSR count). The second kappa shape index (κ2) is 10.8. The Morgan fingerprint density at radius 2 is 0.792 bits per heavy atom. The molecule has 0 aromatic heterocycles. The van der Waals surface area contributed by atoms with Crippen LogP contribution < -0.4 is 70.6 Å². The first-order chi connectivity index (χ1) is 10.00. The molecule has 2 aromatic carbocycles. The third-order valence-electron chi connectivity index (χ3n) is 2.34. The quantitative estimate of drug-likeness (QED) is 0.291. The van der Waals surface area contributed by atoms with Crippen molar-refractivity contribution < 1.29 is 85.1 Å². The van der Waals surface area contributed by atoms with E-state index in [-0.39, 0.29) is 68.9 Å². The average Bonchev–Trinajstić information content (AvgIpc) is 2.38. The minimum absolute atomic E-state index is 0. The van der Waals surface area contributed by atoms with Crippen LogP contribution in [0.3, 0.4) is 0 Å². The van der Waals surface area contributed by atoms with Gasteiger partial charge in [0.25, 0.3) is 0 Å². The number of nitrogen functional groups attached to an aromatic ring is 2. The molecule has 0 aliphatic rings. The number of hydrogen-bond donors (Lipinski definition) is 2. The summed E-state index contributed by atoms with van der Waals surface area (Å²) < 4.78 is 62.1. The molecule has 0 heterocycles. The van der Waals surface area contributed by atoms with Gasteiger partial charge in [-0.3, -0.25) is 0 Å². The summed E-state index contributed by atoms with van der Waals surface area (Å²) in [6.45, 7) is 0. The zero-order valence-electron chi connectivity index (χ0n) is 13.0. The Bertz CT molecular complexity index is 765. The van der Waals surface area contributed by atoms with Crippen molar-refractivity contribution in [2.75, 3.05) is 11.5 Å². The van der Waals surface area contributed by atoms with Crippen LogP contribution in [0.4, 0.5) is 11.4 Å². The van der Waals surface area contributed by atoms with Gasteiger partial charge in [0.15, 0.2) is 0 Å². The van der Waals surface area contributed by atoms with Crippen molar-refractivity contribution in [1.82, 2.24) is 0 Å². The fourth-order valence-electron chi connectivity index (χ4n) is 1.27. The zero-order chi connectivity index (χ0) is 17.0. The molecule has 0 unspecified atom stereocenters. The van der Waals surface area contributed by atoms with E-state index in [2.05, 4.69) is 0 Å². The second-order valence-electron chi connectivity index (χ2n) is 4.05. The molecule has 4 N–H and O–H groups in total. The van der Waals surface area contributed by atoms with Crippen LogP contribution in [0.5, 0.6) is 0 Å². The van der Waals surface area contributed by atoms with Crippen LogP contribution in [0, 0.1) is 0 Å². The summed E-state index contributed by atoms with van der Waals surface area (Å²) in [6, 6.07) is 10.2. The molecule has 0 spiro atoms. The molecule has 8 nitrogen and oxygen atoms in total. The topological polar surface area (TPSA) is 166 Å². The minimum atomic E-state index is -4.33. The van der Waals surface area contributed by atoms with Crippen LogP contribution in [0.2, 0.25) is 0 Å². The molecule has 0 aliphatic heterocycles. The van der Waals surface area contributed by atoms with Crippen LogP contribution in [-0.4, -0.2) is 25.9 Å². The van der Waals surface area contributed by atoms with Gasteiger partial charge in [-0.15, -0.1) is 0 Å². The first-order valence-electron chi connectivity index (χ1n) is 5.63. The summed E-state index contributed by atoms with van der Waals surface area (Å²) in [6.07, 6.45) is 0. The number of anilines is 2. The van der Waals surface area contributed by atoms with Crippen LogP contribution in [-0.2, 0) is 20.2 Å². The van der Waals surface area contributed by atoms with Crippen molar-refractivity contribution in [1.29, 1.82) is 0 Å². The van der Waals surface area contributed by atoms with E-state index in [1.165, 1.54) is 48.5 Å². The first-order valence-corrected chi connectivity index (χ1v) is 8.44. The van der Waals surface area contributed by atoms with E-state index in [4.69, 9.17) is 11.5 Å². The maximum Gasteiger partial charge on any atom is 1.00 e. The van der Waals surface area contributed by atoms with Gasteiger partial charge in [0.2, 0.25) is 0 Å². The molecule has 0 radical (unpaired) electrons. The molecule has 24 heavy (non-hydrogen) atoms. The van der Waals surface area contributed by atoms with Crippen LogP contribution in [0.15, 0.2) is 58.3 Å². The fraction of sp³-hybridized carbons (Fsp3) is 0. The van der Waals surface area contributed by atoms with E-state index in [9.17, 15) is 25.9 Å². The Balaban J connectivity index is 0. The number of nitrogens with two attached hydrogens (primary N) is 2. The van der Waals surface area contributed by atoms with Gasteiger partial charge in [-0.2, -0.15) is 0 Å². The molecule has 0 aliphatic carbocycles. The van der Waals surface area contributed by atoms with E-state index < -0.39 is 20.2 Å². The molecular formula is C12H12N2Na2O6S2. The third-order valence-corrected chi connectivity index (χ3v) is 4.04. The molecule has 12 heteroatoms. The molecule has 0 bridgehead atoms. The van der Waals surface area contributed by atoms with Gasteiger partial charge in [0.05, 0.1) is 9.79 Å². The minimum Gasteiger partial charge on any atom is -0.744 e. The van der Waals surface area contributed by atoms with Gasteiger partial charge in [0.1, 0.15) is 20.2 Å². The van der Waals surface area contributed by atoms with Crippen molar-refractivity contribution in [3.8, 4) is 0 Å². The summed E-state index contributed by atoms with van der Waals surface area (Å²) in [4.78, 5) is -0.515. The Hall–Kier alpha value is -0.140. The monoisotopic (exact) mass is 390 g/mol. The molecule has 0 atom stereocenters.